The second-order valence-electron chi connectivity index (χ2n) is 6.53. The molecule has 7 nitrogen and oxygen atoms in total. The van der Waals surface area contributed by atoms with Crippen LogP contribution in [0, 0.1) is 11.8 Å². The maximum atomic E-state index is 12.6. The summed E-state index contributed by atoms with van der Waals surface area (Å²) in [4.78, 5) is 33.4. The van der Waals surface area contributed by atoms with Crippen molar-refractivity contribution >= 4 is 11.7 Å². The Balaban J connectivity index is 1.48. The normalized spacial score (nSPS) is 25.5. The molecule has 3 atom stereocenters. The van der Waals surface area contributed by atoms with Gasteiger partial charge in [0, 0.05) is 56.9 Å². The highest BCUT2D eigenvalue weighted by atomic mass is 16.2. The van der Waals surface area contributed by atoms with Crippen LogP contribution in [0.15, 0.2) is 37.1 Å². The third-order valence-electron chi connectivity index (χ3n) is 5.27. The van der Waals surface area contributed by atoms with E-state index >= 15 is 0 Å². The molecule has 4 rings (SSSR count). The summed E-state index contributed by atoms with van der Waals surface area (Å²) >= 11 is 0. The van der Waals surface area contributed by atoms with Crippen LogP contribution in [-0.2, 0) is 0 Å². The van der Waals surface area contributed by atoms with Gasteiger partial charge in [-0.05, 0) is 24.8 Å². The molecule has 1 saturated carbocycles. The SMILES string of the molecule is CN(c1cnccn1)[C@H]1CC[C@@H]2CN(C(=O)c3ncccn3)C[C@@H]21. The molecule has 2 fully saturated rings. The molecule has 0 unspecified atom stereocenters. The Morgan fingerprint density at radius 2 is 1.96 bits per heavy atom. The number of hydrogen-bond donors (Lipinski definition) is 0. The second kappa shape index (κ2) is 6.14. The third-order valence-corrected chi connectivity index (χ3v) is 5.27. The molecule has 7 heteroatoms. The van der Waals surface area contributed by atoms with Gasteiger partial charge in [0.15, 0.2) is 0 Å². The number of carbonyl (C=O) groups excluding carboxylic acids is 1. The number of fused-ring (bicyclic) bond motifs is 1. The van der Waals surface area contributed by atoms with Gasteiger partial charge >= 0.3 is 0 Å². The van der Waals surface area contributed by atoms with E-state index in [0.29, 0.717) is 17.9 Å². The average molecular weight is 324 g/mol. The van der Waals surface area contributed by atoms with Crippen LogP contribution in [0.3, 0.4) is 0 Å². The highest BCUT2D eigenvalue weighted by Gasteiger charge is 2.46. The van der Waals surface area contributed by atoms with Crippen LogP contribution in [0.4, 0.5) is 5.82 Å². The summed E-state index contributed by atoms with van der Waals surface area (Å²) in [5.74, 6) is 2.12. The molecule has 1 amide bonds. The highest BCUT2D eigenvalue weighted by molar-refractivity contribution is 5.90. The molecule has 3 heterocycles. The molecule has 2 aliphatic rings. The Hall–Kier alpha value is -2.57. The number of amides is 1. The van der Waals surface area contributed by atoms with Gasteiger partial charge in [0.1, 0.15) is 5.82 Å². The van der Waals surface area contributed by atoms with Crippen molar-refractivity contribution in [3.05, 3.63) is 42.9 Å². The average Bonchev–Trinajstić information content (AvgIpc) is 3.22. The van der Waals surface area contributed by atoms with Crippen molar-refractivity contribution in [1.29, 1.82) is 0 Å². The van der Waals surface area contributed by atoms with E-state index in [0.717, 1.165) is 31.7 Å². The van der Waals surface area contributed by atoms with Gasteiger partial charge in [-0.1, -0.05) is 0 Å². The molecule has 1 saturated heterocycles. The smallest absolute Gasteiger partial charge is 0.291 e. The Kier molecular flexibility index (Phi) is 3.84. The van der Waals surface area contributed by atoms with Crippen LogP contribution in [0.25, 0.3) is 0 Å². The van der Waals surface area contributed by atoms with Crippen LogP contribution < -0.4 is 4.90 Å². The van der Waals surface area contributed by atoms with Crippen LogP contribution in [-0.4, -0.2) is 56.9 Å². The largest absolute Gasteiger partial charge is 0.355 e. The first-order valence-corrected chi connectivity index (χ1v) is 8.29. The molecule has 2 aromatic heterocycles. The van der Waals surface area contributed by atoms with Crippen LogP contribution in [0.2, 0.25) is 0 Å². The van der Waals surface area contributed by atoms with E-state index in [-0.39, 0.29) is 11.7 Å². The minimum atomic E-state index is -0.0640. The lowest BCUT2D eigenvalue weighted by molar-refractivity contribution is 0.0767. The Labute approximate surface area is 140 Å². The first-order chi connectivity index (χ1) is 11.7. The fraction of sp³-hybridized carbons (Fsp3) is 0.471. The van der Waals surface area contributed by atoms with Gasteiger partial charge < -0.3 is 9.80 Å². The molecule has 1 aliphatic carbocycles. The molecule has 0 bridgehead atoms. The zero-order valence-corrected chi connectivity index (χ0v) is 13.6. The molecule has 24 heavy (non-hydrogen) atoms. The molecule has 2 aromatic rings. The summed E-state index contributed by atoms with van der Waals surface area (Å²) in [5.41, 5.74) is 0. The van der Waals surface area contributed by atoms with Crippen LogP contribution >= 0.6 is 0 Å². The molecule has 0 spiro atoms. The van der Waals surface area contributed by atoms with Crippen molar-refractivity contribution in [2.45, 2.75) is 18.9 Å². The summed E-state index contributed by atoms with van der Waals surface area (Å²) in [6.45, 7) is 1.56. The van der Waals surface area contributed by atoms with E-state index in [4.69, 9.17) is 0 Å². The van der Waals surface area contributed by atoms with E-state index in [1.165, 1.54) is 0 Å². The third kappa shape index (κ3) is 2.60. The minimum absolute atomic E-state index is 0.0640. The molecule has 0 aromatic carbocycles. The van der Waals surface area contributed by atoms with Gasteiger partial charge in [0.05, 0.1) is 6.20 Å². The molecule has 0 radical (unpaired) electrons. The van der Waals surface area contributed by atoms with Crippen molar-refractivity contribution in [2.24, 2.45) is 11.8 Å². The lowest BCUT2D eigenvalue weighted by Crippen LogP contribution is -2.39. The minimum Gasteiger partial charge on any atom is -0.355 e. The summed E-state index contributed by atoms with van der Waals surface area (Å²) in [6.07, 6.45) is 10.7. The number of rotatable bonds is 3. The summed E-state index contributed by atoms with van der Waals surface area (Å²) in [6, 6.07) is 2.11. The van der Waals surface area contributed by atoms with Gasteiger partial charge in [-0.15, -0.1) is 0 Å². The van der Waals surface area contributed by atoms with Crippen molar-refractivity contribution in [3.8, 4) is 0 Å². The monoisotopic (exact) mass is 324 g/mol. The summed E-state index contributed by atoms with van der Waals surface area (Å²) < 4.78 is 0. The van der Waals surface area contributed by atoms with Crippen molar-refractivity contribution in [2.75, 3.05) is 25.0 Å². The molecule has 1 aliphatic heterocycles. The zero-order chi connectivity index (χ0) is 16.5. The summed E-state index contributed by atoms with van der Waals surface area (Å²) in [5, 5.41) is 0. The van der Waals surface area contributed by atoms with Crippen LogP contribution in [0.1, 0.15) is 23.5 Å². The maximum Gasteiger partial charge on any atom is 0.291 e. The molecular weight excluding hydrogens is 304 g/mol. The maximum absolute atomic E-state index is 12.6. The first-order valence-electron chi connectivity index (χ1n) is 8.29. The summed E-state index contributed by atoms with van der Waals surface area (Å²) in [7, 11) is 2.07. The second-order valence-corrected chi connectivity index (χ2v) is 6.53. The Morgan fingerprint density at radius 3 is 2.71 bits per heavy atom. The van der Waals surface area contributed by atoms with E-state index in [2.05, 4.69) is 31.9 Å². The first kappa shape index (κ1) is 15.0. The molecule has 124 valence electrons. The fourth-order valence-corrected chi connectivity index (χ4v) is 4.08. The van der Waals surface area contributed by atoms with Crippen molar-refractivity contribution in [1.82, 2.24) is 24.8 Å². The molecular formula is C17H20N6O. The Morgan fingerprint density at radius 1 is 1.12 bits per heavy atom. The van der Waals surface area contributed by atoms with E-state index in [1.54, 1.807) is 37.1 Å². The Bertz CT molecular complexity index is 710. The number of anilines is 1. The van der Waals surface area contributed by atoms with Crippen molar-refractivity contribution < 1.29 is 4.79 Å². The number of hydrogen-bond acceptors (Lipinski definition) is 6. The fourth-order valence-electron chi connectivity index (χ4n) is 4.08. The van der Waals surface area contributed by atoms with E-state index in [1.807, 2.05) is 4.90 Å². The van der Waals surface area contributed by atoms with Gasteiger partial charge in [-0.25, -0.2) is 15.0 Å². The highest BCUT2D eigenvalue weighted by Crippen LogP contribution is 2.41. The number of likely N-dealkylation sites (tertiary alicyclic amines) is 1. The number of nitrogens with zero attached hydrogens (tertiary/aromatic N) is 6. The van der Waals surface area contributed by atoms with Gasteiger partial charge in [0.2, 0.25) is 5.82 Å². The predicted molar refractivity (Wildman–Crippen MR) is 88.4 cm³/mol. The lowest BCUT2D eigenvalue weighted by atomic mass is 9.97. The lowest BCUT2D eigenvalue weighted by Gasteiger charge is -2.30. The molecule has 0 N–H and O–H groups in total. The van der Waals surface area contributed by atoms with E-state index < -0.39 is 0 Å². The number of carbonyl (C=O) groups is 1. The van der Waals surface area contributed by atoms with Crippen molar-refractivity contribution in [3.63, 3.8) is 0 Å². The standard InChI is InChI=1S/C17H20N6O/c1-22(15-9-18-7-8-19-15)14-4-3-12-10-23(11-13(12)14)17(24)16-20-5-2-6-21-16/h2,5-9,12-14H,3-4,10-11H2,1H3/t12-,13+,14+/m1/s1. The van der Waals surface area contributed by atoms with Gasteiger partial charge in [-0.2, -0.15) is 0 Å². The van der Waals surface area contributed by atoms with Gasteiger partial charge in [0.25, 0.3) is 5.91 Å². The van der Waals surface area contributed by atoms with E-state index in [9.17, 15) is 4.79 Å². The topological polar surface area (TPSA) is 75.1 Å². The zero-order valence-electron chi connectivity index (χ0n) is 13.6. The quantitative estimate of drug-likeness (QED) is 0.846. The van der Waals surface area contributed by atoms with Crippen LogP contribution in [0.5, 0.6) is 0 Å². The van der Waals surface area contributed by atoms with Gasteiger partial charge in [-0.3, -0.25) is 9.78 Å². The predicted octanol–water partition coefficient (Wildman–Crippen LogP) is 1.25. The number of aromatic nitrogens is 4.